The van der Waals surface area contributed by atoms with Gasteiger partial charge in [0.1, 0.15) is 17.4 Å². The fraction of sp³-hybridized carbons (Fsp3) is 0.250. The molecule has 2 rings (SSSR count). The maximum Gasteiger partial charge on any atom is 0.138 e. The highest BCUT2D eigenvalue weighted by atomic mass is 35.5. The predicted molar refractivity (Wildman–Crippen MR) is 81.0 cm³/mol. The number of anilines is 1. The molecule has 2 aromatic carbocycles. The number of benzene rings is 2. The molecule has 1 unspecified atom stereocenters. The molecule has 2 aromatic rings. The molecule has 5 heteroatoms. The van der Waals surface area contributed by atoms with Gasteiger partial charge in [-0.25, -0.2) is 8.78 Å². The second-order valence-electron chi connectivity index (χ2n) is 4.65. The second-order valence-corrected chi connectivity index (χ2v) is 5.05. The van der Waals surface area contributed by atoms with Crippen LogP contribution < -0.4 is 10.1 Å². The number of hydrogen-bond donors (Lipinski definition) is 1. The van der Waals surface area contributed by atoms with E-state index in [4.69, 9.17) is 16.3 Å². The van der Waals surface area contributed by atoms with Crippen molar-refractivity contribution in [2.24, 2.45) is 0 Å². The summed E-state index contributed by atoms with van der Waals surface area (Å²) in [6.45, 7) is 4.23. The van der Waals surface area contributed by atoms with Crippen molar-refractivity contribution >= 4 is 17.3 Å². The van der Waals surface area contributed by atoms with Crippen molar-refractivity contribution in [1.29, 1.82) is 0 Å². The van der Waals surface area contributed by atoms with E-state index in [0.29, 0.717) is 22.9 Å². The Balaban J connectivity index is 2.15. The maximum atomic E-state index is 13.2. The summed E-state index contributed by atoms with van der Waals surface area (Å²) < 4.78 is 31.8. The van der Waals surface area contributed by atoms with E-state index in [1.165, 1.54) is 12.1 Å². The molecule has 21 heavy (non-hydrogen) atoms. The van der Waals surface area contributed by atoms with Gasteiger partial charge in [0.15, 0.2) is 0 Å². The third-order valence-corrected chi connectivity index (χ3v) is 3.30. The third-order valence-electron chi connectivity index (χ3n) is 3.00. The molecule has 0 aliphatic heterocycles. The molecule has 0 radical (unpaired) electrons. The molecule has 1 atom stereocenters. The normalized spacial score (nSPS) is 12.0. The highest BCUT2D eigenvalue weighted by molar-refractivity contribution is 6.32. The molecule has 0 saturated heterocycles. The number of ether oxygens (including phenoxy) is 1. The third kappa shape index (κ3) is 4.08. The summed E-state index contributed by atoms with van der Waals surface area (Å²) >= 11 is 6.10. The van der Waals surface area contributed by atoms with Crippen LogP contribution in [0.5, 0.6) is 5.75 Å². The van der Waals surface area contributed by atoms with Gasteiger partial charge in [0.2, 0.25) is 0 Å². The smallest absolute Gasteiger partial charge is 0.138 e. The van der Waals surface area contributed by atoms with Gasteiger partial charge in [-0.2, -0.15) is 0 Å². The van der Waals surface area contributed by atoms with Gasteiger partial charge in [-0.05, 0) is 49.7 Å². The average molecular weight is 312 g/mol. The Hall–Kier alpha value is -1.81. The Morgan fingerprint density at radius 3 is 2.38 bits per heavy atom. The van der Waals surface area contributed by atoms with Crippen molar-refractivity contribution in [3.05, 3.63) is 58.6 Å². The minimum absolute atomic E-state index is 0.260. The fourth-order valence-corrected chi connectivity index (χ4v) is 2.26. The summed E-state index contributed by atoms with van der Waals surface area (Å²) in [6, 6.07) is 8.48. The minimum atomic E-state index is -0.594. The Kier molecular flexibility index (Phi) is 5.02. The van der Waals surface area contributed by atoms with Crippen LogP contribution in [0.15, 0.2) is 36.4 Å². The standard InChI is InChI=1S/C16H16ClF2NO/c1-3-21-16-5-4-14(9-15(16)17)20-10(2)11-6-12(18)8-13(19)7-11/h4-10,20H,3H2,1-2H3. The summed E-state index contributed by atoms with van der Waals surface area (Å²) in [4.78, 5) is 0. The highest BCUT2D eigenvalue weighted by Crippen LogP contribution is 2.29. The van der Waals surface area contributed by atoms with E-state index in [0.717, 1.165) is 11.8 Å². The van der Waals surface area contributed by atoms with Crippen molar-refractivity contribution < 1.29 is 13.5 Å². The summed E-state index contributed by atoms with van der Waals surface area (Å²) in [5, 5.41) is 3.64. The van der Waals surface area contributed by atoms with Gasteiger partial charge in [-0.1, -0.05) is 11.6 Å². The van der Waals surface area contributed by atoms with Crippen LogP contribution in [0.2, 0.25) is 5.02 Å². The topological polar surface area (TPSA) is 21.3 Å². The highest BCUT2D eigenvalue weighted by Gasteiger charge is 2.10. The van der Waals surface area contributed by atoms with Crippen molar-refractivity contribution in [3.8, 4) is 5.75 Å². The first kappa shape index (κ1) is 15.6. The Morgan fingerprint density at radius 2 is 1.81 bits per heavy atom. The summed E-state index contributed by atoms with van der Waals surface area (Å²) in [5.41, 5.74) is 1.28. The molecule has 0 heterocycles. The molecular weight excluding hydrogens is 296 g/mol. The molecule has 0 amide bonds. The first-order valence-electron chi connectivity index (χ1n) is 6.64. The fourth-order valence-electron chi connectivity index (χ4n) is 2.02. The van der Waals surface area contributed by atoms with E-state index in [1.807, 2.05) is 19.9 Å². The van der Waals surface area contributed by atoms with Crippen molar-refractivity contribution in [3.63, 3.8) is 0 Å². The van der Waals surface area contributed by atoms with Gasteiger partial charge in [0, 0.05) is 17.8 Å². The van der Waals surface area contributed by atoms with Crippen molar-refractivity contribution in [2.75, 3.05) is 11.9 Å². The van der Waals surface area contributed by atoms with Crippen LogP contribution in [0.4, 0.5) is 14.5 Å². The number of hydrogen-bond acceptors (Lipinski definition) is 2. The van der Waals surface area contributed by atoms with Crippen LogP contribution in [-0.2, 0) is 0 Å². The molecule has 2 nitrogen and oxygen atoms in total. The lowest BCUT2D eigenvalue weighted by Gasteiger charge is -2.17. The van der Waals surface area contributed by atoms with Gasteiger partial charge in [-0.3, -0.25) is 0 Å². The Morgan fingerprint density at radius 1 is 1.14 bits per heavy atom. The van der Waals surface area contributed by atoms with E-state index < -0.39 is 11.6 Å². The van der Waals surface area contributed by atoms with Crippen LogP contribution in [0, 0.1) is 11.6 Å². The molecule has 1 N–H and O–H groups in total. The van der Waals surface area contributed by atoms with E-state index >= 15 is 0 Å². The van der Waals surface area contributed by atoms with Crippen LogP contribution in [0.1, 0.15) is 25.5 Å². The van der Waals surface area contributed by atoms with Gasteiger partial charge in [-0.15, -0.1) is 0 Å². The first-order chi connectivity index (χ1) is 9.99. The van der Waals surface area contributed by atoms with Gasteiger partial charge in [0.05, 0.1) is 11.6 Å². The molecule has 0 spiro atoms. The van der Waals surface area contributed by atoms with E-state index in [9.17, 15) is 8.78 Å². The lowest BCUT2D eigenvalue weighted by Crippen LogP contribution is -2.07. The summed E-state index contributed by atoms with van der Waals surface area (Å²) in [5.74, 6) is -0.582. The molecule has 112 valence electrons. The minimum Gasteiger partial charge on any atom is -0.492 e. The van der Waals surface area contributed by atoms with Crippen LogP contribution >= 0.6 is 11.6 Å². The van der Waals surface area contributed by atoms with Crippen LogP contribution in [0.3, 0.4) is 0 Å². The van der Waals surface area contributed by atoms with E-state index in [1.54, 1.807) is 12.1 Å². The van der Waals surface area contributed by atoms with Crippen LogP contribution in [-0.4, -0.2) is 6.61 Å². The van der Waals surface area contributed by atoms with Gasteiger partial charge >= 0.3 is 0 Å². The second kappa shape index (κ2) is 6.76. The molecule has 0 aromatic heterocycles. The predicted octanol–water partition coefficient (Wildman–Crippen LogP) is 5.19. The summed E-state index contributed by atoms with van der Waals surface area (Å²) in [6.07, 6.45) is 0. The van der Waals surface area contributed by atoms with Crippen LogP contribution in [0.25, 0.3) is 0 Å². The Labute approximate surface area is 127 Å². The monoisotopic (exact) mass is 311 g/mol. The Bertz CT molecular complexity index is 613. The molecule has 0 saturated carbocycles. The lowest BCUT2D eigenvalue weighted by atomic mass is 10.1. The quantitative estimate of drug-likeness (QED) is 0.820. The van der Waals surface area contributed by atoms with Gasteiger partial charge < -0.3 is 10.1 Å². The zero-order chi connectivity index (χ0) is 15.4. The number of halogens is 3. The SMILES string of the molecule is CCOc1ccc(NC(C)c2cc(F)cc(F)c2)cc1Cl. The zero-order valence-corrected chi connectivity index (χ0v) is 12.5. The molecule has 0 bridgehead atoms. The zero-order valence-electron chi connectivity index (χ0n) is 11.8. The largest absolute Gasteiger partial charge is 0.492 e. The van der Waals surface area contributed by atoms with Crippen molar-refractivity contribution in [1.82, 2.24) is 0 Å². The van der Waals surface area contributed by atoms with E-state index in [2.05, 4.69) is 5.32 Å². The van der Waals surface area contributed by atoms with E-state index in [-0.39, 0.29) is 6.04 Å². The molecule has 0 aliphatic rings. The maximum absolute atomic E-state index is 13.2. The number of rotatable bonds is 5. The van der Waals surface area contributed by atoms with Crippen molar-refractivity contribution in [2.45, 2.75) is 19.9 Å². The molecular formula is C16H16ClF2NO. The molecule has 0 aliphatic carbocycles. The first-order valence-corrected chi connectivity index (χ1v) is 7.02. The summed E-state index contributed by atoms with van der Waals surface area (Å²) in [7, 11) is 0. The molecule has 0 fully saturated rings. The van der Waals surface area contributed by atoms with Gasteiger partial charge in [0.25, 0.3) is 0 Å². The number of nitrogens with one attached hydrogen (secondary N) is 1. The lowest BCUT2D eigenvalue weighted by molar-refractivity contribution is 0.340. The average Bonchev–Trinajstić information content (AvgIpc) is 2.41.